The molecule has 0 rings (SSSR count). The normalized spacial score (nSPS) is 15.5. The maximum absolute atomic E-state index is 10.4. The summed E-state index contributed by atoms with van der Waals surface area (Å²) in [6.07, 6.45) is 3.36. The van der Waals surface area contributed by atoms with Gasteiger partial charge in [-0.3, -0.25) is 4.79 Å². The van der Waals surface area contributed by atoms with Crippen LogP contribution < -0.4 is 0 Å². The molecule has 84 valence electrons. The third-order valence-electron chi connectivity index (χ3n) is 2.87. The van der Waals surface area contributed by atoms with Crippen molar-refractivity contribution in [2.24, 2.45) is 0 Å². The lowest BCUT2D eigenvalue weighted by atomic mass is 10.1. The Morgan fingerprint density at radius 2 is 1.79 bits per heavy atom. The fraction of sp³-hybridized carbons (Fsp3) is 0.909. The van der Waals surface area contributed by atoms with Crippen LogP contribution in [0.5, 0.6) is 0 Å². The van der Waals surface area contributed by atoms with Crippen molar-refractivity contribution in [2.45, 2.75) is 58.5 Å². The predicted molar refractivity (Wildman–Crippen MR) is 58.5 cm³/mol. The maximum atomic E-state index is 10.4. The summed E-state index contributed by atoms with van der Waals surface area (Å²) in [5, 5.41) is 8.57. The average Bonchev–Trinajstić information content (AvgIpc) is 2.13. The first-order chi connectivity index (χ1) is 6.49. The molecule has 0 saturated carbocycles. The molecule has 0 aromatic rings. The standard InChI is InChI=1S/C11H23NO2/c1-5-6-9(2)12(4)10(3)7-8-11(13)14/h9-10H,5-8H2,1-4H3,(H,13,14). The van der Waals surface area contributed by atoms with E-state index >= 15 is 0 Å². The summed E-state index contributed by atoms with van der Waals surface area (Å²) in [7, 11) is 2.08. The number of hydrogen-bond donors (Lipinski definition) is 1. The minimum atomic E-state index is -0.701. The van der Waals surface area contributed by atoms with Crippen molar-refractivity contribution in [3.63, 3.8) is 0 Å². The van der Waals surface area contributed by atoms with E-state index in [1.54, 1.807) is 0 Å². The molecule has 3 nitrogen and oxygen atoms in total. The molecular weight excluding hydrogens is 178 g/mol. The van der Waals surface area contributed by atoms with E-state index in [0.717, 1.165) is 6.42 Å². The van der Waals surface area contributed by atoms with Crippen LogP contribution in [-0.2, 0) is 4.79 Å². The molecule has 1 N–H and O–H groups in total. The van der Waals surface area contributed by atoms with Crippen molar-refractivity contribution in [3.8, 4) is 0 Å². The van der Waals surface area contributed by atoms with E-state index in [2.05, 4.69) is 32.7 Å². The molecule has 0 radical (unpaired) electrons. The Bertz CT molecular complexity index is 171. The van der Waals surface area contributed by atoms with Gasteiger partial charge in [0.15, 0.2) is 0 Å². The minimum absolute atomic E-state index is 0.268. The smallest absolute Gasteiger partial charge is 0.303 e. The molecule has 0 spiro atoms. The fourth-order valence-electron chi connectivity index (χ4n) is 1.59. The third-order valence-corrected chi connectivity index (χ3v) is 2.87. The van der Waals surface area contributed by atoms with Crippen molar-refractivity contribution in [1.82, 2.24) is 4.90 Å². The summed E-state index contributed by atoms with van der Waals surface area (Å²) in [4.78, 5) is 12.7. The molecule has 0 aromatic heterocycles. The first kappa shape index (κ1) is 13.4. The SMILES string of the molecule is CCCC(C)N(C)C(C)CCC(=O)O. The second-order valence-electron chi connectivity index (χ2n) is 4.08. The number of carboxylic acids is 1. The molecular formula is C11H23NO2. The molecule has 0 aliphatic carbocycles. The highest BCUT2D eigenvalue weighted by Crippen LogP contribution is 2.11. The molecule has 0 aliphatic rings. The third kappa shape index (κ3) is 5.22. The molecule has 0 aliphatic heterocycles. The predicted octanol–water partition coefficient (Wildman–Crippen LogP) is 2.36. The molecule has 0 aromatic carbocycles. The summed E-state index contributed by atoms with van der Waals surface area (Å²) in [5.74, 6) is -0.701. The van der Waals surface area contributed by atoms with Crippen LogP contribution in [0.25, 0.3) is 0 Å². The Kier molecular flexibility index (Phi) is 6.54. The van der Waals surface area contributed by atoms with Crippen LogP contribution in [-0.4, -0.2) is 35.1 Å². The Morgan fingerprint density at radius 1 is 1.29 bits per heavy atom. The Labute approximate surface area is 87.1 Å². The molecule has 2 atom stereocenters. The lowest BCUT2D eigenvalue weighted by Crippen LogP contribution is -2.37. The van der Waals surface area contributed by atoms with E-state index in [0.29, 0.717) is 12.1 Å². The molecule has 14 heavy (non-hydrogen) atoms. The van der Waals surface area contributed by atoms with Gasteiger partial charge in [0.05, 0.1) is 0 Å². The highest BCUT2D eigenvalue weighted by Gasteiger charge is 2.15. The highest BCUT2D eigenvalue weighted by atomic mass is 16.4. The number of rotatable bonds is 7. The number of carbonyl (C=O) groups is 1. The van der Waals surface area contributed by atoms with Gasteiger partial charge in [0, 0.05) is 18.5 Å². The van der Waals surface area contributed by atoms with Gasteiger partial charge in [-0.15, -0.1) is 0 Å². The van der Waals surface area contributed by atoms with Crippen LogP contribution in [0, 0.1) is 0 Å². The topological polar surface area (TPSA) is 40.5 Å². The van der Waals surface area contributed by atoms with Crippen LogP contribution in [0.3, 0.4) is 0 Å². The summed E-state index contributed by atoms with van der Waals surface area (Å²) in [6, 6.07) is 0.899. The van der Waals surface area contributed by atoms with Gasteiger partial charge >= 0.3 is 5.97 Å². The van der Waals surface area contributed by atoms with Gasteiger partial charge in [0.1, 0.15) is 0 Å². The van der Waals surface area contributed by atoms with Crippen molar-refractivity contribution in [2.75, 3.05) is 7.05 Å². The highest BCUT2D eigenvalue weighted by molar-refractivity contribution is 5.66. The van der Waals surface area contributed by atoms with E-state index in [9.17, 15) is 4.79 Å². The van der Waals surface area contributed by atoms with E-state index in [1.807, 2.05) is 0 Å². The molecule has 0 amide bonds. The van der Waals surface area contributed by atoms with Crippen LogP contribution in [0.1, 0.15) is 46.5 Å². The van der Waals surface area contributed by atoms with Gasteiger partial charge in [0.25, 0.3) is 0 Å². The summed E-state index contributed by atoms with van der Waals surface area (Å²) in [6.45, 7) is 6.46. The summed E-state index contributed by atoms with van der Waals surface area (Å²) < 4.78 is 0. The Balaban J connectivity index is 3.85. The van der Waals surface area contributed by atoms with Gasteiger partial charge in [0.2, 0.25) is 0 Å². The van der Waals surface area contributed by atoms with Gasteiger partial charge < -0.3 is 10.0 Å². The number of hydrogen-bond acceptors (Lipinski definition) is 2. The van der Waals surface area contributed by atoms with Crippen molar-refractivity contribution in [3.05, 3.63) is 0 Å². The van der Waals surface area contributed by atoms with Crippen LogP contribution in [0.2, 0.25) is 0 Å². The van der Waals surface area contributed by atoms with Crippen molar-refractivity contribution in [1.29, 1.82) is 0 Å². The van der Waals surface area contributed by atoms with E-state index in [1.165, 1.54) is 12.8 Å². The molecule has 2 unspecified atom stereocenters. The zero-order chi connectivity index (χ0) is 11.1. The largest absolute Gasteiger partial charge is 0.481 e. The minimum Gasteiger partial charge on any atom is -0.481 e. The number of aliphatic carboxylic acids is 1. The monoisotopic (exact) mass is 201 g/mol. The van der Waals surface area contributed by atoms with E-state index in [-0.39, 0.29) is 6.42 Å². The quantitative estimate of drug-likeness (QED) is 0.687. The first-order valence-electron chi connectivity index (χ1n) is 5.42. The Morgan fingerprint density at radius 3 is 2.21 bits per heavy atom. The van der Waals surface area contributed by atoms with Gasteiger partial charge in [-0.25, -0.2) is 0 Å². The van der Waals surface area contributed by atoms with Gasteiger partial charge in [-0.1, -0.05) is 13.3 Å². The number of carboxylic acid groups (broad SMARTS) is 1. The molecule has 0 saturated heterocycles. The second kappa shape index (κ2) is 6.82. The molecule has 0 heterocycles. The Hall–Kier alpha value is -0.570. The zero-order valence-corrected chi connectivity index (χ0v) is 9.79. The average molecular weight is 201 g/mol. The molecule has 0 fully saturated rings. The van der Waals surface area contributed by atoms with Gasteiger partial charge in [-0.05, 0) is 33.7 Å². The fourth-order valence-corrected chi connectivity index (χ4v) is 1.59. The number of nitrogens with zero attached hydrogens (tertiary/aromatic N) is 1. The second-order valence-corrected chi connectivity index (χ2v) is 4.08. The molecule has 3 heteroatoms. The van der Waals surface area contributed by atoms with E-state index in [4.69, 9.17) is 5.11 Å². The van der Waals surface area contributed by atoms with Crippen molar-refractivity contribution < 1.29 is 9.90 Å². The van der Waals surface area contributed by atoms with Crippen molar-refractivity contribution >= 4 is 5.97 Å². The maximum Gasteiger partial charge on any atom is 0.303 e. The van der Waals surface area contributed by atoms with Crippen LogP contribution in [0.15, 0.2) is 0 Å². The van der Waals surface area contributed by atoms with Crippen LogP contribution >= 0.6 is 0 Å². The summed E-state index contributed by atoms with van der Waals surface area (Å²) >= 11 is 0. The first-order valence-corrected chi connectivity index (χ1v) is 5.42. The molecule has 0 bridgehead atoms. The van der Waals surface area contributed by atoms with Crippen LogP contribution in [0.4, 0.5) is 0 Å². The zero-order valence-electron chi connectivity index (χ0n) is 9.79. The van der Waals surface area contributed by atoms with Gasteiger partial charge in [-0.2, -0.15) is 0 Å². The lowest BCUT2D eigenvalue weighted by molar-refractivity contribution is -0.137. The summed E-state index contributed by atoms with van der Waals surface area (Å²) in [5.41, 5.74) is 0. The van der Waals surface area contributed by atoms with E-state index < -0.39 is 5.97 Å². The lowest BCUT2D eigenvalue weighted by Gasteiger charge is -2.30.